The summed E-state index contributed by atoms with van der Waals surface area (Å²) in [6.45, 7) is 3.16. The fourth-order valence-corrected chi connectivity index (χ4v) is 3.29. The predicted molar refractivity (Wildman–Crippen MR) is 79.1 cm³/mol. The van der Waals surface area contributed by atoms with Gasteiger partial charge in [-0.25, -0.2) is 13.2 Å². The first-order valence-electron chi connectivity index (χ1n) is 6.82. The molecule has 0 aliphatic rings. The molecular weight excluding hydrogens is 310 g/mol. The third-order valence-corrected chi connectivity index (χ3v) is 4.65. The Morgan fingerprint density at radius 1 is 1.18 bits per heavy atom. The maximum atomic E-state index is 12.4. The van der Waals surface area contributed by atoms with Crippen LogP contribution in [0.4, 0.5) is 0 Å². The van der Waals surface area contributed by atoms with Gasteiger partial charge in [0.1, 0.15) is 6.54 Å². The Hall–Kier alpha value is -1.93. The maximum Gasteiger partial charge on any atom is 0.338 e. The van der Waals surface area contributed by atoms with Crippen LogP contribution in [0.3, 0.4) is 0 Å². The number of benzene rings is 1. The Labute approximate surface area is 129 Å². The molecule has 0 aliphatic heterocycles. The average molecular weight is 329 g/mol. The highest BCUT2D eigenvalue weighted by atomic mass is 32.2. The number of carboxylic acids is 1. The van der Waals surface area contributed by atoms with Gasteiger partial charge < -0.3 is 9.84 Å². The van der Waals surface area contributed by atoms with Crippen LogP contribution in [0, 0.1) is 0 Å². The molecule has 1 aromatic rings. The van der Waals surface area contributed by atoms with Crippen LogP contribution < -0.4 is 0 Å². The molecule has 0 radical (unpaired) electrons. The molecule has 0 aromatic heterocycles. The minimum atomic E-state index is -3.91. The summed E-state index contributed by atoms with van der Waals surface area (Å²) in [6, 6.07) is 5.23. The lowest BCUT2D eigenvalue weighted by atomic mass is 10.2. The normalized spacial score (nSPS) is 11.4. The van der Waals surface area contributed by atoms with E-state index in [9.17, 15) is 18.0 Å². The van der Waals surface area contributed by atoms with Crippen LogP contribution in [0.1, 0.15) is 30.6 Å². The number of sulfonamides is 1. The summed E-state index contributed by atoms with van der Waals surface area (Å²) in [5.74, 6) is -1.76. The summed E-state index contributed by atoms with van der Waals surface area (Å²) in [5, 5.41) is 8.83. The smallest absolute Gasteiger partial charge is 0.338 e. The fourth-order valence-electron chi connectivity index (χ4n) is 1.81. The molecule has 0 saturated heterocycles. The van der Waals surface area contributed by atoms with Gasteiger partial charge in [-0.1, -0.05) is 6.92 Å². The summed E-state index contributed by atoms with van der Waals surface area (Å²) in [4.78, 5) is 22.3. The van der Waals surface area contributed by atoms with Gasteiger partial charge in [-0.15, -0.1) is 0 Å². The van der Waals surface area contributed by atoms with Gasteiger partial charge in [-0.3, -0.25) is 4.79 Å². The number of rotatable bonds is 8. The largest absolute Gasteiger partial charge is 0.480 e. The second-order valence-corrected chi connectivity index (χ2v) is 6.42. The molecule has 0 bridgehead atoms. The summed E-state index contributed by atoms with van der Waals surface area (Å²) >= 11 is 0. The number of ether oxygens (including phenoxy) is 1. The van der Waals surface area contributed by atoms with E-state index in [1.807, 2.05) is 0 Å². The van der Waals surface area contributed by atoms with E-state index in [1.54, 1.807) is 13.8 Å². The zero-order valence-corrected chi connectivity index (χ0v) is 13.3. The Bertz CT molecular complexity index is 623. The van der Waals surface area contributed by atoms with Gasteiger partial charge in [0, 0.05) is 6.54 Å². The van der Waals surface area contributed by atoms with E-state index in [4.69, 9.17) is 9.84 Å². The van der Waals surface area contributed by atoms with Crippen molar-refractivity contribution >= 4 is 22.0 Å². The molecule has 0 atom stereocenters. The second-order valence-electron chi connectivity index (χ2n) is 4.48. The van der Waals surface area contributed by atoms with E-state index < -0.39 is 28.5 Å². The summed E-state index contributed by atoms with van der Waals surface area (Å²) in [5.41, 5.74) is 0.237. The molecule has 0 heterocycles. The highest BCUT2D eigenvalue weighted by Gasteiger charge is 2.26. The number of nitrogens with zero attached hydrogens (tertiary/aromatic N) is 1. The van der Waals surface area contributed by atoms with Crippen molar-refractivity contribution in [2.24, 2.45) is 0 Å². The van der Waals surface area contributed by atoms with Crippen molar-refractivity contribution in [3.63, 3.8) is 0 Å². The van der Waals surface area contributed by atoms with Crippen molar-refractivity contribution in [2.75, 3.05) is 19.7 Å². The lowest BCUT2D eigenvalue weighted by molar-refractivity contribution is -0.137. The van der Waals surface area contributed by atoms with Crippen molar-refractivity contribution in [3.05, 3.63) is 29.8 Å². The monoisotopic (exact) mass is 329 g/mol. The Morgan fingerprint density at radius 2 is 1.77 bits per heavy atom. The molecule has 0 amide bonds. The summed E-state index contributed by atoms with van der Waals surface area (Å²) < 4.78 is 30.5. The highest BCUT2D eigenvalue weighted by molar-refractivity contribution is 7.89. The van der Waals surface area contributed by atoms with Crippen LogP contribution >= 0.6 is 0 Å². The molecule has 22 heavy (non-hydrogen) atoms. The average Bonchev–Trinajstić information content (AvgIpc) is 2.46. The van der Waals surface area contributed by atoms with Gasteiger partial charge >= 0.3 is 11.9 Å². The minimum absolute atomic E-state index is 0.0600. The molecule has 1 rings (SSSR count). The Kier molecular flexibility index (Phi) is 6.51. The van der Waals surface area contributed by atoms with Crippen LogP contribution in [-0.2, 0) is 19.6 Å². The van der Waals surface area contributed by atoms with Crippen LogP contribution in [0.5, 0.6) is 0 Å². The molecular formula is C14H19NO6S. The zero-order chi connectivity index (χ0) is 16.8. The number of hydrogen-bond acceptors (Lipinski definition) is 5. The quantitative estimate of drug-likeness (QED) is 0.722. The van der Waals surface area contributed by atoms with E-state index >= 15 is 0 Å². The number of esters is 1. The lowest BCUT2D eigenvalue weighted by Gasteiger charge is -2.19. The van der Waals surface area contributed by atoms with Gasteiger partial charge in [-0.05, 0) is 37.6 Å². The highest BCUT2D eigenvalue weighted by Crippen LogP contribution is 2.17. The van der Waals surface area contributed by atoms with Gasteiger partial charge in [0.05, 0.1) is 17.1 Å². The van der Waals surface area contributed by atoms with Crippen molar-refractivity contribution < 1.29 is 27.9 Å². The molecule has 0 unspecified atom stereocenters. The van der Waals surface area contributed by atoms with Gasteiger partial charge in [0.15, 0.2) is 0 Å². The molecule has 0 spiro atoms. The SMILES string of the molecule is CCCN(CC(=O)O)S(=O)(=O)c1ccc(C(=O)OCC)cc1. The Balaban J connectivity index is 3.05. The Morgan fingerprint density at radius 3 is 2.23 bits per heavy atom. The first-order chi connectivity index (χ1) is 10.3. The molecule has 8 heteroatoms. The standard InChI is InChI=1S/C14H19NO6S/c1-3-9-15(10-13(16)17)22(19,20)12-7-5-11(6-8-12)14(18)21-4-2/h5-8H,3-4,9-10H2,1-2H3,(H,16,17). The fraction of sp³-hybridized carbons (Fsp3) is 0.429. The van der Waals surface area contributed by atoms with E-state index in [2.05, 4.69) is 0 Å². The first kappa shape index (κ1) is 18.1. The van der Waals surface area contributed by atoms with Crippen LogP contribution in [-0.4, -0.2) is 49.5 Å². The van der Waals surface area contributed by atoms with Crippen LogP contribution in [0.15, 0.2) is 29.2 Å². The van der Waals surface area contributed by atoms with E-state index in [0.717, 1.165) is 4.31 Å². The number of carbonyl (C=O) groups excluding carboxylic acids is 1. The third kappa shape index (κ3) is 4.54. The van der Waals surface area contributed by atoms with E-state index in [-0.39, 0.29) is 23.6 Å². The van der Waals surface area contributed by atoms with Gasteiger partial charge in [-0.2, -0.15) is 4.31 Å². The number of carbonyl (C=O) groups is 2. The number of hydrogen-bond donors (Lipinski definition) is 1. The van der Waals surface area contributed by atoms with E-state index in [0.29, 0.717) is 6.42 Å². The topological polar surface area (TPSA) is 101 Å². The van der Waals surface area contributed by atoms with Crippen molar-refractivity contribution in [1.82, 2.24) is 4.31 Å². The zero-order valence-electron chi connectivity index (χ0n) is 12.5. The number of aliphatic carboxylic acids is 1. The lowest BCUT2D eigenvalue weighted by Crippen LogP contribution is -2.36. The first-order valence-corrected chi connectivity index (χ1v) is 8.26. The van der Waals surface area contributed by atoms with Crippen molar-refractivity contribution in [1.29, 1.82) is 0 Å². The summed E-state index contributed by atoms with van der Waals surface area (Å²) in [7, 11) is -3.91. The van der Waals surface area contributed by atoms with Crippen molar-refractivity contribution in [3.8, 4) is 0 Å². The minimum Gasteiger partial charge on any atom is -0.480 e. The van der Waals surface area contributed by atoms with Crippen molar-refractivity contribution in [2.45, 2.75) is 25.2 Å². The van der Waals surface area contributed by atoms with Gasteiger partial charge in [0.25, 0.3) is 0 Å². The van der Waals surface area contributed by atoms with Crippen LogP contribution in [0.2, 0.25) is 0 Å². The summed E-state index contributed by atoms with van der Waals surface area (Å²) in [6.07, 6.45) is 0.493. The molecule has 0 aliphatic carbocycles. The predicted octanol–water partition coefficient (Wildman–Crippen LogP) is 1.35. The molecule has 0 saturated carbocycles. The molecule has 0 fully saturated rings. The molecule has 1 aromatic carbocycles. The number of carboxylic acid groups (broad SMARTS) is 1. The molecule has 7 nitrogen and oxygen atoms in total. The maximum absolute atomic E-state index is 12.4. The third-order valence-electron chi connectivity index (χ3n) is 2.79. The second kappa shape index (κ2) is 7.90. The van der Waals surface area contributed by atoms with Gasteiger partial charge in [0.2, 0.25) is 10.0 Å². The van der Waals surface area contributed by atoms with Crippen LogP contribution in [0.25, 0.3) is 0 Å². The molecule has 1 N–H and O–H groups in total. The van der Waals surface area contributed by atoms with E-state index in [1.165, 1.54) is 24.3 Å². The molecule has 122 valence electrons.